The maximum Gasteiger partial charge on any atom is 0.338 e. The quantitative estimate of drug-likeness (QED) is 0.759. The van der Waals surface area contributed by atoms with E-state index in [2.05, 4.69) is 6.58 Å². The Morgan fingerprint density at radius 2 is 2.33 bits per heavy atom. The van der Waals surface area contributed by atoms with Gasteiger partial charge in [-0.1, -0.05) is 18.7 Å². The van der Waals surface area contributed by atoms with E-state index in [1.54, 1.807) is 12.1 Å². The number of carbonyl (C=O) groups is 1. The van der Waals surface area contributed by atoms with Crippen LogP contribution in [-0.2, 0) is 17.8 Å². The Balaban J connectivity index is 2.57. The van der Waals surface area contributed by atoms with E-state index in [-0.39, 0.29) is 12.6 Å². The molecule has 1 aliphatic rings. The van der Waals surface area contributed by atoms with Crippen LogP contribution in [0.5, 0.6) is 0 Å². The number of hydrogen-bond donors (Lipinski definition) is 1. The molecule has 2 rings (SSSR count). The van der Waals surface area contributed by atoms with Crippen molar-refractivity contribution in [1.29, 1.82) is 0 Å². The molecule has 3 nitrogen and oxygen atoms in total. The number of carbonyl (C=O) groups excluding carboxylic acids is 1. The van der Waals surface area contributed by atoms with Gasteiger partial charge < -0.3 is 9.84 Å². The Labute approximate surface area is 88.0 Å². The number of hydrogen-bond acceptors (Lipinski definition) is 3. The van der Waals surface area contributed by atoms with E-state index >= 15 is 0 Å². The second-order valence-electron chi connectivity index (χ2n) is 3.41. The molecule has 1 aromatic rings. The fourth-order valence-electron chi connectivity index (χ4n) is 1.88. The zero-order valence-electron chi connectivity index (χ0n) is 8.32. The molecular formula is C12H12O3. The SMILES string of the molecule is C=Cc1ccc2c(c1CCO)COC2=O. The first-order valence-corrected chi connectivity index (χ1v) is 4.83. The zero-order valence-corrected chi connectivity index (χ0v) is 8.32. The summed E-state index contributed by atoms with van der Waals surface area (Å²) in [6.07, 6.45) is 2.26. The number of benzene rings is 1. The van der Waals surface area contributed by atoms with Crippen molar-refractivity contribution in [1.82, 2.24) is 0 Å². The van der Waals surface area contributed by atoms with Crippen LogP contribution >= 0.6 is 0 Å². The maximum atomic E-state index is 11.3. The van der Waals surface area contributed by atoms with Crippen molar-refractivity contribution in [2.45, 2.75) is 13.0 Å². The van der Waals surface area contributed by atoms with Crippen molar-refractivity contribution >= 4 is 12.0 Å². The lowest BCUT2D eigenvalue weighted by atomic mass is 9.95. The van der Waals surface area contributed by atoms with Crippen LogP contribution in [0.4, 0.5) is 0 Å². The summed E-state index contributed by atoms with van der Waals surface area (Å²) in [5, 5.41) is 8.98. The minimum Gasteiger partial charge on any atom is -0.457 e. The van der Waals surface area contributed by atoms with Crippen molar-refractivity contribution in [3.05, 3.63) is 41.0 Å². The van der Waals surface area contributed by atoms with Crippen LogP contribution < -0.4 is 0 Å². The van der Waals surface area contributed by atoms with E-state index in [4.69, 9.17) is 9.84 Å². The van der Waals surface area contributed by atoms with E-state index in [0.717, 1.165) is 16.7 Å². The van der Waals surface area contributed by atoms with Crippen LogP contribution in [0.1, 0.15) is 27.0 Å². The smallest absolute Gasteiger partial charge is 0.338 e. The molecule has 0 aliphatic carbocycles. The molecule has 0 bridgehead atoms. The minimum absolute atomic E-state index is 0.0610. The van der Waals surface area contributed by atoms with Gasteiger partial charge in [0.2, 0.25) is 0 Å². The van der Waals surface area contributed by atoms with Crippen molar-refractivity contribution in [3.8, 4) is 0 Å². The molecule has 1 aliphatic heterocycles. The third kappa shape index (κ3) is 1.55. The van der Waals surface area contributed by atoms with Gasteiger partial charge in [-0.15, -0.1) is 0 Å². The number of rotatable bonds is 3. The molecule has 0 spiro atoms. The Hall–Kier alpha value is -1.61. The number of ether oxygens (including phenoxy) is 1. The van der Waals surface area contributed by atoms with E-state index in [1.807, 2.05) is 6.07 Å². The molecule has 1 N–H and O–H groups in total. The van der Waals surface area contributed by atoms with Gasteiger partial charge in [0.05, 0.1) is 5.56 Å². The standard InChI is InChI=1S/C12H12O3/c1-2-8-3-4-10-11(7-15-12(10)14)9(8)5-6-13/h2-4,13H,1,5-7H2. The first-order chi connectivity index (χ1) is 7.27. The lowest BCUT2D eigenvalue weighted by Crippen LogP contribution is -2.01. The molecule has 0 radical (unpaired) electrons. The van der Waals surface area contributed by atoms with Crippen LogP contribution in [0, 0.1) is 0 Å². The molecule has 0 saturated carbocycles. The average molecular weight is 204 g/mol. The summed E-state index contributed by atoms with van der Waals surface area (Å²) < 4.78 is 4.95. The van der Waals surface area contributed by atoms with Crippen LogP contribution in [0.15, 0.2) is 18.7 Å². The van der Waals surface area contributed by atoms with Crippen molar-refractivity contribution in [2.75, 3.05) is 6.61 Å². The molecule has 0 saturated heterocycles. The minimum atomic E-state index is -0.278. The van der Waals surface area contributed by atoms with Gasteiger partial charge in [-0.05, 0) is 23.6 Å². The van der Waals surface area contributed by atoms with Crippen LogP contribution in [0.25, 0.3) is 6.08 Å². The van der Waals surface area contributed by atoms with Crippen LogP contribution in [0.2, 0.25) is 0 Å². The summed E-state index contributed by atoms with van der Waals surface area (Å²) in [7, 11) is 0. The van der Waals surface area contributed by atoms with E-state index in [9.17, 15) is 4.79 Å². The Kier molecular flexibility index (Phi) is 2.56. The van der Waals surface area contributed by atoms with Crippen molar-refractivity contribution in [2.24, 2.45) is 0 Å². The highest BCUT2D eigenvalue weighted by Gasteiger charge is 2.24. The van der Waals surface area contributed by atoms with Crippen LogP contribution in [-0.4, -0.2) is 17.7 Å². The molecule has 0 fully saturated rings. The first-order valence-electron chi connectivity index (χ1n) is 4.83. The molecular weight excluding hydrogens is 192 g/mol. The molecule has 0 amide bonds. The topological polar surface area (TPSA) is 46.5 Å². The van der Waals surface area contributed by atoms with Crippen molar-refractivity contribution < 1.29 is 14.6 Å². The summed E-state index contributed by atoms with van der Waals surface area (Å²) in [4.78, 5) is 11.3. The third-order valence-corrected chi connectivity index (χ3v) is 2.62. The Morgan fingerprint density at radius 1 is 1.53 bits per heavy atom. The Morgan fingerprint density at radius 3 is 3.00 bits per heavy atom. The van der Waals surface area contributed by atoms with Gasteiger partial charge in [0, 0.05) is 12.2 Å². The lowest BCUT2D eigenvalue weighted by Gasteiger charge is -2.08. The highest BCUT2D eigenvalue weighted by atomic mass is 16.5. The molecule has 0 atom stereocenters. The van der Waals surface area contributed by atoms with Gasteiger partial charge in [0.15, 0.2) is 0 Å². The maximum absolute atomic E-state index is 11.3. The van der Waals surface area contributed by atoms with Gasteiger partial charge >= 0.3 is 5.97 Å². The van der Waals surface area contributed by atoms with Gasteiger partial charge in [0.1, 0.15) is 6.61 Å². The second-order valence-corrected chi connectivity index (χ2v) is 3.41. The van der Waals surface area contributed by atoms with E-state index in [0.29, 0.717) is 18.6 Å². The van der Waals surface area contributed by atoms with Gasteiger partial charge in [-0.3, -0.25) is 0 Å². The summed E-state index contributed by atoms with van der Waals surface area (Å²) in [6.45, 7) is 4.08. The molecule has 0 aromatic heterocycles. The second kappa shape index (κ2) is 3.87. The highest BCUT2D eigenvalue weighted by Crippen LogP contribution is 2.27. The van der Waals surface area contributed by atoms with Gasteiger partial charge in [0.25, 0.3) is 0 Å². The monoisotopic (exact) mass is 204 g/mol. The zero-order chi connectivity index (χ0) is 10.8. The molecule has 0 unspecified atom stereocenters. The number of cyclic esters (lactones) is 1. The summed E-state index contributed by atoms with van der Waals surface area (Å²) in [6, 6.07) is 3.59. The Bertz CT molecular complexity index is 421. The number of aliphatic hydroxyl groups is 1. The fraction of sp³-hybridized carbons (Fsp3) is 0.250. The number of fused-ring (bicyclic) bond motifs is 1. The van der Waals surface area contributed by atoms with Crippen LogP contribution in [0.3, 0.4) is 0 Å². The number of esters is 1. The normalized spacial score (nSPS) is 13.5. The largest absolute Gasteiger partial charge is 0.457 e. The number of aliphatic hydroxyl groups excluding tert-OH is 1. The van der Waals surface area contributed by atoms with Gasteiger partial charge in [-0.2, -0.15) is 0 Å². The summed E-state index contributed by atoms with van der Waals surface area (Å²) in [5.74, 6) is -0.278. The molecule has 15 heavy (non-hydrogen) atoms. The predicted octanol–water partition coefficient (Wildman–Crippen LogP) is 1.53. The fourth-order valence-corrected chi connectivity index (χ4v) is 1.88. The third-order valence-electron chi connectivity index (χ3n) is 2.62. The molecule has 3 heteroatoms. The summed E-state index contributed by atoms with van der Waals surface area (Å²) >= 11 is 0. The van der Waals surface area contributed by atoms with E-state index in [1.165, 1.54) is 0 Å². The highest BCUT2D eigenvalue weighted by molar-refractivity contribution is 5.94. The van der Waals surface area contributed by atoms with Gasteiger partial charge in [-0.25, -0.2) is 4.79 Å². The molecule has 1 heterocycles. The predicted molar refractivity (Wildman–Crippen MR) is 56.4 cm³/mol. The van der Waals surface area contributed by atoms with Crippen molar-refractivity contribution in [3.63, 3.8) is 0 Å². The lowest BCUT2D eigenvalue weighted by molar-refractivity contribution is 0.0535. The van der Waals surface area contributed by atoms with E-state index < -0.39 is 0 Å². The summed E-state index contributed by atoms with van der Waals surface area (Å²) in [5.41, 5.74) is 3.44. The first kappa shape index (κ1) is 9.93. The molecule has 78 valence electrons. The average Bonchev–Trinajstić information content (AvgIpc) is 2.62. The molecule has 1 aromatic carbocycles.